The third-order valence-electron chi connectivity index (χ3n) is 8.90. The van der Waals surface area contributed by atoms with E-state index >= 15 is 0 Å². The van der Waals surface area contributed by atoms with Crippen LogP contribution in [0.3, 0.4) is 0 Å². The molecule has 24 nitrogen and oxygen atoms in total. The van der Waals surface area contributed by atoms with Crippen LogP contribution < -0.4 is 49.1 Å². The molecule has 24 heteroatoms. The van der Waals surface area contributed by atoms with E-state index in [4.69, 9.17) is 22.3 Å². The Morgan fingerprint density at radius 3 is 1.78 bits per heavy atom. The van der Waals surface area contributed by atoms with Crippen molar-refractivity contribution in [1.82, 2.24) is 41.9 Å². The maximum absolute atomic E-state index is 13.8. The van der Waals surface area contributed by atoms with E-state index in [0.29, 0.717) is 18.5 Å². The minimum absolute atomic E-state index is 0.0686. The smallest absolute Gasteiger partial charge is 0.305 e. The van der Waals surface area contributed by atoms with Crippen LogP contribution in [0.2, 0.25) is 0 Å². The molecule has 326 valence electrons. The minimum atomic E-state index is -1.74. The number of aliphatic carboxylic acids is 2. The first-order valence-electron chi connectivity index (χ1n) is 18.5. The number of nitrogens with zero attached hydrogens (tertiary/aromatic N) is 1. The fourth-order valence-corrected chi connectivity index (χ4v) is 5.33. The van der Waals surface area contributed by atoms with Crippen molar-refractivity contribution in [2.45, 2.75) is 121 Å². The predicted molar refractivity (Wildman–Crippen MR) is 201 cm³/mol. The highest BCUT2D eigenvalue weighted by Gasteiger charge is 2.35. The SMILES string of the molecule is CCC(C)C(NC(=O)C(CCC(=O)O)NC(=O)C(CO)NC(=O)C(CCCCN)NC(=O)C(Cc1cnc[nH]1)NC(=O)C(NC(=O)C(N)CC(=O)O)C(C)O)C(N)=O. The highest BCUT2D eigenvalue weighted by atomic mass is 16.4. The van der Waals surface area contributed by atoms with Gasteiger partial charge in [0.15, 0.2) is 0 Å². The van der Waals surface area contributed by atoms with Gasteiger partial charge in [-0.2, -0.15) is 0 Å². The van der Waals surface area contributed by atoms with E-state index in [0.717, 1.165) is 6.92 Å². The number of aliphatic hydroxyl groups excluding tert-OH is 2. The lowest BCUT2D eigenvalue weighted by Crippen LogP contribution is -2.61. The average Bonchev–Trinajstić information content (AvgIpc) is 3.67. The van der Waals surface area contributed by atoms with E-state index in [1.54, 1.807) is 13.8 Å². The van der Waals surface area contributed by atoms with Crippen LogP contribution in [0, 0.1) is 5.92 Å². The van der Waals surface area contributed by atoms with Gasteiger partial charge in [-0.15, -0.1) is 0 Å². The molecule has 0 fully saturated rings. The van der Waals surface area contributed by atoms with Gasteiger partial charge in [0, 0.05) is 24.7 Å². The van der Waals surface area contributed by atoms with E-state index in [2.05, 4.69) is 41.9 Å². The number of carboxylic acids is 2. The Balaban J connectivity index is 3.32. The largest absolute Gasteiger partial charge is 0.481 e. The standard InChI is InChI=1S/C34H57N11O13/c1-4-16(2)26(28(37)52)44-31(55)21(8-9-24(48)49)41-33(57)23(14-46)43-30(54)20(7-5-6-10-35)40-32(56)22(11-18-13-38-15-39-18)42-34(58)27(17(3)47)45-29(53)19(36)12-25(50)51/h13,15-17,19-23,26-27,46-47H,4-12,14,35-36H2,1-3H3,(H2,37,52)(H,38,39)(H,40,56)(H,41,57)(H,42,58)(H,43,54)(H,44,55)(H,45,53)(H,48,49)(H,50,51). The average molecular weight is 828 g/mol. The molecule has 1 aromatic rings. The second-order valence-corrected chi connectivity index (χ2v) is 13.6. The van der Waals surface area contributed by atoms with Crippen LogP contribution in [0.1, 0.15) is 71.4 Å². The molecule has 0 aliphatic carbocycles. The summed E-state index contributed by atoms with van der Waals surface area (Å²) < 4.78 is 0. The Hall–Kier alpha value is -5.72. The molecule has 1 rings (SSSR count). The topological polar surface area (TPSA) is 413 Å². The number of aromatic nitrogens is 2. The molecule has 0 spiro atoms. The monoisotopic (exact) mass is 827 g/mol. The van der Waals surface area contributed by atoms with Crippen molar-refractivity contribution in [3.63, 3.8) is 0 Å². The van der Waals surface area contributed by atoms with Crippen molar-refractivity contribution in [2.75, 3.05) is 13.2 Å². The van der Waals surface area contributed by atoms with Gasteiger partial charge in [-0.25, -0.2) is 4.98 Å². The number of nitrogens with one attached hydrogen (secondary N) is 7. The van der Waals surface area contributed by atoms with Gasteiger partial charge in [-0.1, -0.05) is 20.3 Å². The Morgan fingerprint density at radius 1 is 0.741 bits per heavy atom. The summed E-state index contributed by atoms with van der Waals surface area (Å²) in [5, 5.41) is 52.6. The first-order valence-corrected chi connectivity index (χ1v) is 18.5. The fourth-order valence-electron chi connectivity index (χ4n) is 5.33. The maximum atomic E-state index is 13.8. The number of hydrogen-bond acceptors (Lipinski definition) is 14. The van der Waals surface area contributed by atoms with Gasteiger partial charge in [0.2, 0.25) is 41.4 Å². The number of aliphatic hydroxyl groups is 2. The lowest BCUT2D eigenvalue weighted by atomic mass is 9.98. The number of hydrogen-bond donors (Lipinski definition) is 14. The zero-order valence-electron chi connectivity index (χ0n) is 32.6. The van der Waals surface area contributed by atoms with Crippen LogP contribution in [0.25, 0.3) is 0 Å². The summed E-state index contributed by atoms with van der Waals surface area (Å²) in [5.41, 5.74) is 17.0. The van der Waals surface area contributed by atoms with E-state index in [9.17, 15) is 58.5 Å². The summed E-state index contributed by atoms with van der Waals surface area (Å²) in [6, 6.07) is -10.7. The molecule has 0 aliphatic heterocycles. The summed E-state index contributed by atoms with van der Waals surface area (Å²) in [6.07, 6.45) is 0.00621. The van der Waals surface area contributed by atoms with E-state index < -0.39 is 133 Å². The van der Waals surface area contributed by atoms with Crippen LogP contribution in [0.15, 0.2) is 12.5 Å². The van der Waals surface area contributed by atoms with Gasteiger partial charge < -0.3 is 74.5 Å². The summed E-state index contributed by atoms with van der Waals surface area (Å²) in [4.78, 5) is 121. The number of nitrogens with two attached hydrogens (primary N) is 3. The van der Waals surface area contributed by atoms with Crippen molar-refractivity contribution in [3.05, 3.63) is 18.2 Å². The molecule has 0 radical (unpaired) electrons. The van der Waals surface area contributed by atoms with Gasteiger partial charge in [0.05, 0.1) is 31.5 Å². The fraction of sp³-hybridized carbons (Fsp3) is 0.647. The normalized spacial score (nSPS) is 15.7. The van der Waals surface area contributed by atoms with Crippen molar-refractivity contribution >= 4 is 53.3 Å². The third-order valence-corrected chi connectivity index (χ3v) is 8.90. The number of primary amides is 1. The van der Waals surface area contributed by atoms with Gasteiger partial charge in [0.1, 0.15) is 36.3 Å². The summed E-state index contributed by atoms with van der Waals surface area (Å²) >= 11 is 0. The van der Waals surface area contributed by atoms with E-state index in [-0.39, 0.29) is 25.8 Å². The minimum Gasteiger partial charge on any atom is -0.481 e. The summed E-state index contributed by atoms with van der Waals surface area (Å²) in [6.45, 7) is 3.72. The van der Waals surface area contributed by atoms with Crippen molar-refractivity contribution in [2.24, 2.45) is 23.1 Å². The number of imidazole rings is 1. The number of carbonyl (C=O) groups excluding carboxylic acids is 7. The molecule has 7 amide bonds. The molecule has 0 saturated heterocycles. The van der Waals surface area contributed by atoms with Gasteiger partial charge in [0.25, 0.3) is 0 Å². The first-order chi connectivity index (χ1) is 27.2. The third kappa shape index (κ3) is 17.6. The number of H-pyrrole nitrogens is 1. The Labute approximate surface area is 333 Å². The number of carboxylic acid groups (broad SMARTS) is 2. The molecule has 0 aromatic carbocycles. The number of rotatable bonds is 28. The quantitative estimate of drug-likeness (QED) is 0.0351. The van der Waals surface area contributed by atoms with E-state index in [1.165, 1.54) is 12.5 Å². The van der Waals surface area contributed by atoms with Crippen LogP contribution >= 0.6 is 0 Å². The molecule has 1 aromatic heterocycles. The first kappa shape index (κ1) is 50.3. The van der Waals surface area contributed by atoms with Crippen LogP contribution in [-0.2, 0) is 49.6 Å². The Bertz CT molecular complexity index is 1560. The number of unbranched alkanes of at least 4 members (excludes halogenated alkanes) is 1. The lowest BCUT2D eigenvalue weighted by Gasteiger charge is -2.28. The predicted octanol–water partition coefficient (Wildman–Crippen LogP) is -5.44. The van der Waals surface area contributed by atoms with Gasteiger partial charge >= 0.3 is 11.9 Å². The lowest BCUT2D eigenvalue weighted by molar-refractivity contribution is -0.140. The molecule has 0 aliphatic rings. The van der Waals surface area contributed by atoms with Crippen LogP contribution in [0.5, 0.6) is 0 Å². The van der Waals surface area contributed by atoms with Crippen LogP contribution in [-0.4, -0.2) is 145 Å². The zero-order chi connectivity index (χ0) is 44.1. The second kappa shape index (κ2) is 25.5. The number of carbonyl (C=O) groups is 9. The van der Waals surface area contributed by atoms with Crippen LogP contribution in [0.4, 0.5) is 0 Å². The molecule has 9 unspecified atom stereocenters. The molecule has 9 atom stereocenters. The van der Waals surface area contributed by atoms with Crippen molar-refractivity contribution in [1.29, 1.82) is 0 Å². The molecular weight excluding hydrogens is 770 g/mol. The van der Waals surface area contributed by atoms with Crippen molar-refractivity contribution < 1.29 is 63.6 Å². The van der Waals surface area contributed by atoms with E-state index in [1.807, 2.05) is 0 Å². The molecule has 1 heterocycles. The Morgan fingerprint density at radius 2 is 1.28 bits per heavy atom. The molecule has 0 bridgehead atoms. The Kier molecular flexibility index (Phi) is 22.1. The molecule has 0 saturated carbocycles. The summed E-state index contributed by atoms with van der Waals surface area (Å²) in [5.74, 6) is -10.2. The van der Waals surface area contributed by atoms with Gasteiger partial charge in [-0.05, 0) is 45.1 Å². The van der Waals surface area contributed by atoms with Crippen molar-refractivity contribution in [3.8, 4) is 0 Å². The molecular formula is C34H57N11O13. The summed E-state index contributed by atoms with van der Waals surface area (Å²) in [7, 11) is 0. The number of amides is 7. The maximum Gasteiger partial charge on any atom is 0.305 e. The molecule has 17 N–H and O–H groups in total. The highest BCUT2D eigenvalue weighted by molar-refractivity contribution is 5.97. The van der Waals surface area contributed by atoms with Gasteiger partial charge in [-0.3, -0.25) is 43.2 Å². The number of aromatic amines is 1. The zero-order valence-corrected chi connectivity index (χ0v) is 32.6. The molecule has 58 heavy (non-hydrogen) atoms. The highest BCUT2D eigenvalue weighted by Crippen LogP contribution is 2.10. The second-order valence-electron chi connectivity index (χ2n) is 13.6.